The average molecular weight is 323 g/mol. The van der Waals surface area contributed by atoms with Gasteiger partial charge in [-0.15, -0.1) is 0 Å². The van der Waals surface area contributed by atoms with Gasteiger partial charge in [0.15, 0.2) is 0 Å². The van der Waals surface area contributed by atoms with E-state index in [-0.39, 0.29) is 17.3 Å². The lowest BCUT2D eigenvalue weighted by Crippen LogP contribution is -2.44. The van der Waals surface area contributed by atoms with E-state index in [1.807, 2.05) is 20.8 Å². The minimum absolute atomic E-state index is 0.112. The Morgan fingerprint density at radius 2 is 1.87 bits per heavy atom. The summed E-state index contributed by atoms with van der Waals surface area (Å²) in [4.78, 5) is 23.4. The van der Waals surface area contributed by atoms with Gasteiger partial charge in [0.2, 0.25) is 0 Å². The summed E-state index contributed by atoms with van der Waals surface area (Å²) in [6.07, 6.45) is 0.999. The van der Waals surface area contributed by atoms with Crippen molar-refractivity contribution in [3.8, 4) is 5.75 Å². The van der Waals surface area contributed by atoms with E-state index in [4.69, 9.17) is 9.84 Å². The molecule has 0 bridgehead atoms. The predicted molar refractivity (Wildman–Crippen MR) is 83.0 cm³/mol. The van der Waals surface area contributed by atoms with E-state index in [9.17, 15) is 14.0 Å². The highest BCUT2D eigenvalue weighted by atomic mass is 19.1. The van der Waals surface area contributed by atoms with Gasteiger partial charge in [0.05, 0.1) is 0 Å². The van der Waals surface area contributed by atoms with E-state index in [1.165, 1.54) is 17.0 Å². The average Bonchev–Trinajstić information content (AvgIpc) is 2.48. The summed E-state index contributed by atoms with van der Waals surface area (Å²) in [7, 11) is 0. The molecular formula is C17H22FNO4. The molecule has 23 heavy (non-hydrogen) atoms. The first-order valence-electron chi connectivity index (χ1n) is 7.67. The number of nitrogens with zero attached hydrogens (tertiary/aromatic N) is 1. The Labute approximate surface area is 135 Å². The molecule has 0 unspecified atom stereocenters. The number of carboxylic acid groups (broad SMARTS) is 1. The monoisotopic (exact) mass is 323 g/mol. The van der Waals surface area contributed by atoms with Gasteiger partial charge in [0, 0.05) is 31.5 Å². The highest BCUT2D eigenvalue weighted by molar-refractivity contribution is 6.31. The fourth-order valence-corrected chi connectivity index (χ4v) is 2.68. The Morgan fingerprint density at radius 3 is 2.39 bits per heavy atom. The molecule has 1 heterocycles. The summed E-state index contributed by atoms with van der Waals surface area (Å²) in [5.74, 6) is -1.97. The molecule has 5 nitrogen and oxygen atoms in total. The van der Waals surface area contributed by atoms with E-state index in [0.29, 0.717) is 31.7 Å². The SMILES string of the molecule is CC(C)(C)c1cc(F)ccc1OC1CCN(C(=O)C(=O)O)CC1. The van der Waals surface area contributed by atoms with Crippen LogP contribution in [-0.4, -0.2) is 41.1 Å². The molecule has 0 spiro atoms. The lowest BCUT2D eigenvalue weighted by Gasteiger charge is -2.32. The fourth-order valence-electron chi connectivity index (χ4n) is 2.68. The van der Waals surface area contributed by atoms with Crippen LogP contribution in [0.4, 0.5) is 4.39 Å². The Kier molecular flexibility index (Phi) is 4.92. The van der Waals surface area contributed by atoms with Crippen LogP contribution >= 0.6 is 0 Å². The van der Waals surface area contributed by atoms with Gasteiger partial charge in [-0.25, -0.2) is 9.18 Å². The predicted octanol–water partition coefficient (Wildman–Crippen LogP) is 2.58. The van der Waals surface area contributed by atoms with Crippen molar-refractivity contribution in [2.24, 2.45) is 0 Å². The van der Waals surface area contributed by atoms with Crippen molar-refractivity contribution in [2.45, 2.75) is 45.1 Å². The summed E-state index contributed by atoms with van der Waals surface area (Å²) in [5.41, 5.74) is 0.541. The second-order valence-corrected chi connectivity index (χ2v) is 6.81. The lowest BCUT2D eigenvalue weighted by atomic mass is 9.86. The molecule has 2 rings (SSSR count). The van der Waals surface area contributed by atoms with Gasteiger partial charge in [0.25, 0.3) is 0 Å². The first-order chi connectivity index (χ1) is 10.7. The molecule has 1 aliphatic heterocycles. The van der Waals surface area contributed by atoms with Gasteiger partial charge in [-0.2, -0.15) is 0 Å². The van der Waals surface area contributed by atoms with Crippen molar-refractivity contribution in [1.29, 1.82) is 0 Å². The fraction of sp³-hybridized carbons (Fsp3) is 0.529. The second-order valence-electron chi connectivity index (χ2n) is 6.81. The smallest absolute Gasteiger partial charge is 0.394 e. The number of hydrogen-bond acceptors (Lipinski definition) is 3. The highest BCUT2D eigenvalue weighted by Gasteiger charge is 2.28. The Balaban J connectivity index is 2.05. The van der Waals surface area contributed by atoms with Crippen LogP contribution in [0.2, 0.25) is 0 Å². The summed E-state index contributed by atoms with van der Waals surface area (Å²) < 4.78 is 19.5. The molecule has 0 atom stereocenters. The maximum Gasteiger partial charge on any atom is 0.394 e. The molecule has 1 N–H and O–H groups in total. The number of piperidine rings is 1. The molecule has 6 heteroatoms. The van der Waals surface area contributed by atoms with Crippen LogP contribution in [0.15, 0.2) is 18.2 Å². The molecule has 126 valence electrons. The molecule has 0 saturated carbocycles. The lowest BCUT2D eigenvalue weighted by molar-refractivity contribution is -0.156. The zero-order valence-corrected chi connectivity index (χ0v) is 13.6. The molecule has 1 aliphatic rings. The number of hydrogen-bond donors (Lipinski definition) is 1. The van der Waals surface area contributed by atoms with Gasteiger partial charge < -0.3 is 14.7 Å². The largest absolute Gasteiger partial charge is 0.490 e. The first kappa shape index (κ1) is 17.2. The number of rotatable bonds is 2. The summed E-state index contributed by atoms with van der Waals surface area (Å²) in [6.45, 7) is 6.66. The molecule has 1 amide bonds. The second kappa shape index (κ2) is 6.56. The molecule has 1 saturated heterocycles. The first-order valence-corrected chi connectivity index (χ1v) is 7.67. The van der Waals surface area contributed by atoms with Crippen molar-refractivity contribution in [1.82, 2.24) is 4.90 Å². The van der Waals surface area contributed by atoms with Crippen LogP contribution in [0.5, 0.6) is 5.75 Å². The normalized spacial score (nSPS) is 16.3. The van der Waals surface area contributed by atoms with Crippen molar-refractivity contribution in [2.75, 3.05) is 13.1 Å². The number of carbonyl (C=O) groups excluding carboxylic acids is 1. The molecule has 1 fully saturated rings. The molecule has 0 radical (unpaired) electrons. The van der Waals surface area contributed by atoms with Crippen LogP contribution in [-0.2, 0) is 15.0 Å². The highest BCUT2D eigenvalue weighted by Crippen LogP contribution is 2.33. The number of likely N-dealkylation sites (tertiary alicyclic amines) is 1. The third kappa shape index (κ3) is 4.21. The van der Waals surface area contributed by atoms with Crippen LogP contribution < -0.4 is 4.74 Å². The van der Waals surface area contributed by atoms with E-state index < -0.39 is 11.9 Å². The Hall–Kier alpha value is -2.11. The van der Waals surface area contributed by atoms with Crippen LogP contribution in [0.25, 0.3) is 0 Å². The molecule has 1 aromatic carbocycles. The van der Waals surface area contributed by atoms with Crippen molar-refractivity contribution < 1.29 is 23.8 Å². The summed E-state index contributed by atoms with van der Waals surface area (Å²) in [5, 5.41) is 8.73. The van der Waals surface area contributed by atoms with Crippen LogP contribution in [0, 0.1) is 5.82 Å². The van der Waals surface area contributed by atoms with Crippen molar-refractivity contribution in [3.05, 3.63) is 29.6 Å². The molecular weight excluding hydrogens is 301 g/mol. The van der Waals surface area contributed by atoms with Crippen LogP contribution in [0.3, 0.4) is 0 Å². The summed E-state index contributed by atoms with van der Waals surface area (Å²) in [6, 6.07) is 4.48. The minimum Gasteiger partial charge on any atom is -0.490 e. The molecule has 0 aliphatic carbocycles. The van der Waals surface area contributed by atoms with Crippen molar-refractivity contribution in [3.63, 3.8) is 0 Å². The van der Waals surface area contributed by atoms with Gasteiger partial charge >= 0.3 is 11.9 Å². The number of benzene rings is 1. The van der Waals surface area contributed by atoms with Crippen molar-refractivity contribution >= 4 is 11.9 Å². The quantitative estimate of drug-likeness (QED) is 0.850. The Morgan fingerprint density at radius 1 is 1.26 bits per heavy atom. The van der Waals surface area contributed by atoms with Gasteiger partial charge in [-0.1, -0.05) is 20.8 Å². The van der Waals surface area contributed by atoms with E-state index in [0.717, 1.165) is 5.56 Å². The van der Waals surface area contributed by atoms with Crippen LogP contribution in [0.1, 0.15) is 39.2 Å². The number of carboxylic acids is 1. The zero-order valence-electron chi connectivity index (χ0n) is 13.6. The zero-order chi connectivity index (χ0) is 17.2. The third-order valence-corrected chi connectivity index (χ3v) is 3.96. The number of halogens is 1. The topological polar surface area (TPSA) is 66.8 Å². The van der Waals surface area contributed by atoms with Gasteiger partial charge in [0.1, 0.15) is 17.7 Å². The van der Waals surface area contributed by atoms with E-state index >= 15 is 0 Å². The number of ether oxygens (including phenoxy) is 1. The van der Waals surface area contributed by atoms with E-state index in [1.54, 1.807) is 6.07 Å². The molecule has 0 aromatic heterocycles. The number of amides is 1. The van der Waals surface area contributed by atoms with E-state index in [2.05, 4.69) is 0 Å². The Bertz CT molecular complexity index is 601. The standard InChI is InChI=1S/C17H22FNO4/c1-17(2,3)13-10-11(18)4-5-14(13)23-12-6-8-19(9-7-12)15(20)16(21)22/h4-5,10,12H,6-9H2,1-3H3,(H,21,22). The van der Waals surface area contributed by atoms with Gasteiger partial charge in [-0.05, 0) is 23.6 Å². The minimum atomic E-state index is -1.43. The van der Waals surface area contributed by atoms with Gasteiger partial charge in [-0.3, -0.25) is 4.79 Å². The number of carbonyl (C=O) groups is 2. The third-order valence-electron chi connectivity index (χ3n) is 3.96. The summed E-state index contributed by atoms with van der Waals surface area (Å²) >= 11 is 0. The molecule has 1 aromatic rings. The number of aliphatic carboxylic acids is 1. The maximum atomic E-state index is 13.5. The maximum absolute atomic E-state index is 13.5.